The quantitative estimate of drug-likeness (QED) is 0.231. The number of hydrogen-bond acceptors (Lipinski definition) is 2. The maximum atomic E-state index is 13.7. The van der Waals surface area contributed by atoms with Gasteiger partial charge in [0.2, 0.25) is 0 Å². The van der Waals surface area contributed by atoms with E-state index in [4.69, 9.17) is 0 Å². The normalized spacial score (nSPS) is 14.1. The zero-order valence-electron chi connectivity index (χ0n) is 17.0. The summed E-state index contributed by atoms with van der Waals surface area (Å²) in [6, 6.07) is 21.2. The maximum Gasteiger partial charge on any atom is 0.266 e. The molecule has 1 aliphatic heterocycles. The third kappa shape index (κ3) is 2.63. The second-order valence-electron chi connectivity index (χ2n) is 8.71. The molecule has 0 fully saturated rings. The fraction of sp³-hybridized carbons (Fsp3) is 0.154. The minimum atomic E-state index is -0.288. The highest BCUT2D eigenvalue weighted by atomic mass is 79.9. The van der Waals surface area contributed by atoms with Crippen LogP contribution in [0.25, 0.3) is 21.5 Å². The summed E-state index contributed by atoms with van der Waals surface area (Å²) in [5.74, 6) is -0.570. The summed E-state index contributed by atoms with van der Waals surface area (Å²) in [4.78, 5) is 28.5. The maximum absolute atomic E-state index is 13.7. The van der Waals surface area contributed by atoms with Gasteiger partial charge < -0.3 is 0 Å². The van der Waals surface area contributed by atoms with Gasteiger partial charge in [-0.3, -0.25) is 9.59 Å². The van der Waals surface area contributed by atoms with E-state index in [1.54, 1.807) is 6.07 Å². The van der Waals surface area contributed by atoms with Crippen molar-refractivity contribution in [2.24, 2.45) is 0 Å². The number of halogens is 1. The van der Waals surface area contributed by atoms with Gasteiger partial charge in [-0.2, -0.15) is 0 Å². The summed E-state index contributed by atoms with van der Waals surface area (Å²) in [7, 11) is 0. The molecule has 2 amide bonds. The predicted octanol–water partition coefficient (Wildman–Crippen LogP) is 6.85. The van der Waals surface area contributed by atoms with Gasteiger partial charge in [-0.1, -0.05) is 69.3 Å². The van der Waals surface area contributed by atoms with Crippen molar-refractivity contribution in [1.82, 2.24) is 0 Å². The Morgan fingerprint density at radius 1 is 0.733 bits per heavy atom. The van der Waals surface area contributed by atoms with Crippen LogP contribution in [0.15, 0.2) is 71.2 Å². The van der Waals surface area contributed by atoms with Crippen LogP contribution in [0.2, 0.25) is 0 Å². The summed E-state index contributed by atoms with van der Waals surface area (Å²) < 4.78 is 0.905. The summed E-state index contributed by atoms with van der Waals surface area (Å²) in [5.41, 5.74) is 2.87. The van der Waals surface area contributed by atoms with E-state index < -0.39 is 0 Å². The summed E-state index contributed by atoms with van der Waals surface area (Å²) in [6.07, 6.45) is 0. The fourth-order valence-electron chi connectivity index (χ4n) is 4.25. The van der Waals surface area contributed by atoms with E-state index in [2.05, 4.69) is 36.7 Å². The first-order chi connectivity index (χ1) is 14.3. The van der Waals surface area contributed by atoms with Crippen LogP contribution in [0.3, 0.4) is 0 Å². The van der Waals surface area contributed by atoms with Crippen molar-refractivity contribution >= 4 is 55.0 Å². The molecule has 3 nitrogen and oxygen atoms in total. The number of nitrogens with zero attached hydrogens (tertiary/aromatic N) is 1. The number of carbonyl (C=O) groups is 2. The monoisotopic (exact) mass is 457 g/mol. The van der Waals surface area contributed by atoms with Crippen LogP contribution < -0.4 is 4.90 Å². The second-order valence-corrected chi connectivity index (χ2v) is 9.50. The number of hydrogen-bond donors (Lipinski definition) is 0. The lowest BCUT2D eigenvalue weighted by molar-refractivity contribution is 0.0894. The minimum Gasteiger partial charge on any atom is -0.268 e. The molecule has 30 heavy (non-hydrogen) atoms. The van der Waals surface area contributed by atoms with E-state index in [1.165, 1.54) is 4.90 Å². The van der Waals surface area contributed by atoms with Crippen molar-refractivity contribution < 1.29 is 9.59 Å². The Morgan fingerprint density at radius 3 is 2.03 bits per heavy atom. The molecule has 0 saturated heterocycles. The molecule has 0 aliphatic carbocycles. The molecule has 0 atom stereocenters. The van der Waals surface area contributed by atoms with Crippen LogP contribution in [0.4, 0.5) is 5.69 Å². The molecule has 4 heteroatoms. The number of amides is 2. The number of imide groups is 1. The van der Waals surface area contributed by atoms with Gasteiger partial charge in [0.15, 0.2) is 0 Å². The Hall–Kier alpha value is -2.98. The van der Waals surface area contributed by atoms with Gasteiger partial charge in [-0.05, 0) is 61.3 Å². The molecular formula is C26H20BrNO2. The van der Waals surface area contributed by atoms with Crippen molar-refractivity contribution in [2.75, 3.05) is 4.90 Å². The highest BCUT2D eigenvalue weighted by Gasteiger charge is 2.36. The zero-order valence-corrected chi connectivity index (χ0v) is 18.6. The van der Waals surface area contributed by atoms with E-state index in [9.17, 15) is 9.59 Å². The molecule has 0 bridgehead atoms. The predicted molar refractivity (Wildman–Crippen MR) is 125 cm³/mol. The third-order valence-electron chi connectivity index (χ3n) is 5.83. The molecule has 148 valence electrons. The van der Waals surface area contributed by atoms with Crippen molar-refractivity contribution in [3.63, 3.8) is 0 Å². The van der Waals surface area contributed by atoms with Crippen molar-refractivity contribution in [3.05, 3.63) is 87.9 Å². The van der Waals surface area contributed by atoms with Gasteiger partial charge in [-0.15, -0.1) is 0 Å². The number of rotatable bonds is 1. The highest BCUT2D eigenvalue weighted by Crippen LogP contribution is 2.42. The minimum absolute atomic E-state index is 0.00484. The second kappa shape index (κ2) is 6.51. The molecule has 0 aromatic heterocycles. The van der Waals surface area contributed by atoms with Crippen molar-refractivity contribution in [2.45, 2.75) is 26.2 Å². The van der Waals surface area contributed by atoms with Crippen LogP contribution >= 0.6 is 15.9 Å². The van der Waals surface area contributed by atoms with E-state index in [0.29, 0.717) is 16.8 Å². The van der Waals surface area contributed by atoms with Gasteiger partial charge in [0.25, 0.3) is 11.8 Å². The number of carbonyl (C=O) groups excluding carboxylic acids is 2. The number of benzene rings is 4. The lowest BCUT2D eigenvalue weighted by atomic mass is 9.86. The van der Waals surface area contributed by atoms with Crippen LogP contribution in [-0.2, 0) is 5.41 Å². The standard InChI is InChI=1S/C26H20BrNO2/c1-26(2,3)15-11-13-16(14-12-15)28-24(29)20-10-6-9-19-21(20)22(25(28)30)17-7-4-5-8-18(17)23(19)27/h4-14H,1-3H3. The van der Waals surface area contributed by atoms with Crippen LogP contribution in [0.1, 0.15) is 47.1 Å². The van der Waals surface area contributed by atoms with Crippen molar-refractivity contribution in [3.8, 4) is 0 Å². The lowest BCUT2D eigenvalue weighted by Gasteiger charge is -2.29. The molecule has 0 radical (unpaired) electrons. The van der Waals surface area contributed by atoms with Crippen LogP contribution in [0.5, 0.6) is 0 Å². The number of fused-ring (bicyclic) bond motifs is 2. The zero-order chi connectivity index (χ0) is 21.2. The molecular weight excluding hydrogens is 438 g/mol. The Labute approximate surface area is 183 Å². The van der Waals surface area contributed by atoms with Crippen LogP contribution in [0, 0.1) is 0 Å². The molecule has 0 spiro atoms. The summed E-state index contributed by atoms with van der Waals surface area (Å²) >= 11 is 3.69. The summed E-state index contributed by atoms with van der Waals surface area (Å²) in [6.45, 7) is 6.42. The topological polar surface area (TPSA) is 37.4 Å². The Kier molecular flexibility index (Phi) is 4.13. The molecule has 0 N–H and O–H groups in total. The van der Waals surface area contributed by atoms with Gasteiger partial charge in [0, 0.05) is 15.4 Å². The summed E-state index contributed by atoms with van der Waals surface area (Å²) in [5, 5.41) is 3.41. The van der Waals surface area contributed by atoms with Crippen LogP contribution in [-0.4, -0.2) is 11.8 Å². The highest BCUT2D eigenvalue weighted by molar-refractivity contribution is 9.10. The molecule has 1 aliphatic rings. The largest absolute Gasteiger partial charge is 0.268 e. The Balaban J connectivity index is 1.79. The van der Waals surface area contributed by atoms with Gasteiger partial charge in [-0.25, -0.2) is 4.90 Å². The molecule has 4 aromatic rings. The molecule has 1 heterocycles. The fourth-order valence-corrected chi connectivity index (χ4v) is 4.92. The SMILES string of the molecule is CC(C)(C)c1ccc(N2C(=O)c3cccc4c(Br)c5ccccc5c(c34)C2=O)cc1. The van der Waals surface area contributed by atoms with E-state index in [0.717, 1.165) is 31.6 Å². The molecule has 0 saturated carbocycles. The Bertz CT molecular complexity index is 1360. The lowest BCUT2D eigenvalue weighted by Crippen LogP contribution is -2.40. The third-order valence-corrected chi connectivity index (χ3v) is 6.68. The molecule has 0 unspecified atom stereocenters. The first kappa shape index (κ1) is 19.0. The van der Waals surface area contributed by atoms with Gasteiger partial charge >= 0.3 is 0 Å². The average molecular weight is 458 g/mol. The van der Waals surface area contributed by atoms with E-state index in [1.807, 2.05) is 60.7 Å². The molecule has 4 aromatic carbocycles. The smallest absolute Gasteiger partial charge is 0.266 e. The first-order valence-corrected chi connectivity index (χ1v) is 10.7. The van der Waals surface area contributed by atoms with Crippen molar-refractivity contribution in [1.29, 1.82) is 0 Å². The molecule has 5 rings (SSSR count). The average Bonchev–Trinajstić information content (AvgIpc) is 2.73. The van der Waals surface area contributed by atoms with Gasteiger partial charge in [0.05, 0.1) is 11.3 Å². The van der Waals surface area contributed by atoms with Gasteiger partial charge in [0.1, 0.15) is 0 Å². The Morgan fingerprint density at radius 2 is 1.37 bits per heavy atom. The number of anilines is 1. The van der Waals surface area contributed by atoms with E-state index >= 15 is 0 Å². The first-order valence-electron chi connectivity index (χ1n) is 9.91. The van der Waals surface area contributed by atoms with E-state index in [-0.39, 0.29) is 17.2 Å².